The fraction of sp³-hybridized carbons (Fsp3) is 0.368. The number of fused-ring (bicyclic) bond motifs is 3. The smallest absolute Gasteiger partial charge is 0.151 e. The molecule has 2 aromatic carbocycles. The molecule has 1 aliphatic rings. The minimum absolute atomic E-state index is 0.113. The third-order valence-electron chi connectivity index (χ3n) is 3.94. The summed E-state index contributed by atoms with van der Waals surface area (Å²) in [5.74, 6) is 0.388. The molecule has 0 aromatic heterocycles. The average Bonchev–Trinajstić information content (AvgIpc) is 2.51. The highest BCUT2D eigenvalue weighted by atomic mass is 19.1. The van der Waals surface area contributed by atoms with Crippen molar-refractivity contribution in [3.63, 3.8) is 0 Å². The van der Waals surface area contributed by atoms with Gasteiger partial charge < -0.3 is 15.2 Å². The molecule has 1 heterocycles. The summed E-state index contributed by atoms with van der Waals surface area (Å²) in [5, 5.41) is 13.9. The first-order valence-electron chi connectivity index (χ1n) is 7.84. The van der Waals surface area contributed by atoms with E-state index in [1.54, 1.807) is 6.07 Å². The maximum atomic E-state index is 13.7. The second-order valence-electron chi connectivity index (χ2n) is 6.96. The van der Waals surface area contributed by atoms with Gasteiger partial charge in [-0.05, 0) is 44.5 Å². The van der Waals surface area contributed by atoms with Crippen molar-refractivity contribution >= 4 is 0 Å². The third kappa shape index (κ3) is 3.38. The molecule has 4 heteroatoms. The van der Waals surface area contributed by atoms with Crippen molar-refractivity contribution in [3.05, 3.63) is 53.8 Å². The lowest BCUT2D eigenvalue weighted by atomic mass is 9.90. The molecule has 0 fully saturated rings. The predicted octanol–water partition coefficient (Wildman–Crippen LogP) is 3.68. The highest BCUT2D eigenvalue weighted by molar-refractivity contribution is 5.75. The molecule has 3 rings (SSSR count). The van der Waals surface area contributed by atoms with E-state index >= 15 is 0 Å². The van der Waals surface area contributed by atoms with Crippen molar-refractivity contribution in [3.8, 4) is 16.9 Å². The average molecular weight is 315 g/mol. The van der Waals surface area contributed by atoms with E-state index in [2.05, 4.69) is 5.32 Å². The van der Waals surface area contributed by atoms with Crippen molar-refractivity contribution in [2.45, 2.75) is 38.5 Å². The number of para-hydroxylation sites is 1. The van der Waals surface area contributed by atoms with Gasteiger partial charge in [0, 0.05) is 23.2 Å². The highest BCUT2D eigenvalue weighted by Gasteiger charge is 2.32. The number of hydrogen-bond acceptors (Lipinski definition) is 3. The Hall–Kier alpha value is -1.91. The molecule has 0 aliphatic carbocycles. The first kappa shape index (κ1) is 16.0. The highest BCUT2D eigenvalue weighted by Crippen LogP contribution is 2.43. The summed E-state index contributed by atoms with van der Waals surface area (Å²) in [4.78, 5) is 0. The van der Waals surface area contributed by atoms with Gasteiger partial charge in [-0.1, -0.05) is 24.3 Å². The van der Waals surface area contributed by atoms with Crippen LogP contribution in [0.4, 0.5) is 4.39 Å². The van der Waals surface area contributed by atoms with E-state index in [-0.39, 0.29) is 11.4 Å². The quantitative estimate of drug-likeness (QED) is 0.908. The van der Waals surface area contributed by atoms with Gasteiger partial charge in [0.05, 0.1) is 0 Å². The maximum absolute atomic E-state index is 13.7. The number of aliphatic hydroxyl groups excluding tert-OH is 1. The summed E-state index contributed by atoms with van der Waals surface area (Å²) in [5.41, 5.74) is 2.41. The normalized spacial score (nSPS) is 17.9. The number of halogens is 1. The van der Waals surface area contributed by atoms with Crippen molar-refractivity contribution < 1.29 is 14.2 Å². The van der Waals surface area contributed by atoms with Crippen LogP contribution in [0.15, 0.2) is 42.5 Å². The van der Waals surface area contributed by atoms with Crippen LogP contribution in [0.25, 0.3) is 11.1 Å². The van der Waals surface area contributed by atoms with E-state index in [1.807, 2.05) is 45.0 Å². The summed E-state index contributed by atoms with van der Waals surface area (Å²) in [7, 11) is 0. The SMILES string of the molecule is CC(C)(C)NCC(O)C1Oc2ccccc2-c2ccc(F)cc21. The van der Waals surface area contributed by atoms with Gasteiger partial charge in [0.25, 0.3) is 0 Å². The molecule has 0 amide bonds. The summed E-state index contributed by atoms with van der Waals surface area (Å²) < 4.78 is 19.7. The van der Waals surface area contributed by atoms with Gasteiger partial charge in [-0.25, -0.2) is 4.39 Å². The Kier molecular flexibility index (Phi) is 4.13. The minimum atomic E-state index is -0.775. The summed E-state index contributed by atoms with van der Waals surface area (Å²) in [6.07, 6.45) is -1.37. The molecule has 1 aliphatic heterocycles. The standard InChI is InChI=1S/C19H22FNO2/c1-19(2,3)21-11-16(22)18-15-10-12(20)8-9-13(15)14-6-4-5-7-17(14)23-18/h4-10,16,18,21-22H,11H2,1-3H3. The van der Waals surface area contributed by atoms with Crippen LogP contribution in [-0.2, 0) is 0 Å². The number of β-amino-alcohol motifs (C(OH)–C–C–N with tert-alkyl or cyclic N) is 1. The molecule has 2 unspecified atom stereocenters. The molecule has 2 aromatic rings. The van der Waals surface area contributed by atoms with E-state index in [4.69, 9.17) is 4.74 Å². The molecular formula is C19H22FNO2. The summed E-state index contributed by atoms with van der Waals surface area (Å²) in [6, 6.07) is 12.3. The van der Waals surface area contributed by atoms with Gasteiger partial charge >= 0.3 is 0 Å². The first-order valence-corrected chi connectivity index (χ1v) is 7.84. The predicted molar refractivity (Wildman–Crippen MR) is 89.0 cm³/mol. The molecule has 122 valence electrons. The molecule has 0 spiro atoms. The fourth-order valence-electron chi connectivity index (χ4n) is 2.81. The van der Waals surface area contributed by atoms with Crippen molar-refractivity contribution in [2.24, 2.45) is 0 Å². The summed E-state index contributed by atoms with van der Waals surface area (Å²) >= 11 is 0. The number of rotatable bonds is 3. The third-order valence-corrected chi connectivity index (χ3v) is 3.94. The molecular weight excluding hydrogens is 293 g/mol. The van der Waals surface area contributed by atoms with Crippen molar-refractivity contribution in [1.82, 2.24) is 5.32 Å². The largest absolute Gasteiger partial charge is 0.482 e. The second kappa shape index (κ2) is 5.95. The topological polar surface area (TPSA) is 41.5 Å². The minimum Gasteiger partial charge on any atom is -0.482 e. The molecule has 0 radical (unpaired) electrons. The first-order chi connectivity index (χ1) is 10.8. The van der Waals surface area contributed by atoms with Crippen LogP contribution in [0, 0.1) is 5.82 Å². The number of hydrogen-bond donors (Lipinski definition) is 2. The van der Waals surface area contributed by atoms with Gasteiger partial charge in [0.15, 0.2) is 6.10 Å². The van der Waals surface area contributed by atoms with Crippen LogP contribution in [0.3, 0.4) is 0 Å². The van der Waals surface area contributed by atoms with Gasteiger partial charge in [0.2, 0.25) is 0 Å². The Morgan fingerprint density at radius 1 is 1.17 bits per heavy atom. The molecule has 3 nitrogen and oxygen atoms in total. The zero-order valence-corrected chi connectivity index (χ0v) is 13.6. The Balaban J connectivity index is 1.96. The molecule has 2 N–H and O–H groups in total. The van der Waals surface area contributed by atoms with Crippen LogP contribution < -0.4 is 10.1 Å². The molecule has 0 saturated carbocycles. The number of aliphatic hydroxyl groups is 1. The van der Waals surface area contributed by atoms with E-state index in [9.17, 15) is 9.50 Å². The summed E-state index contributed by atoms with van der Waals surface area (Å²) in [6.45, 7) is 6.46. The van der Waals surface area contributed by atoms with E-state index in [0.29, 0.717) is 17.9 Å². The Bertz CT molecular complexity index is 709. The lowest BCUT2D eigenvalue weighted by molar-refractivity contribution is 0.0304. The van der Waals surface area contributed by atoms with Crippen molar-refractivity contribution in [1.29, 1.82) is 0 Å². The van der Waals surface area contributed by atoms with Crippen LogP contribution in [0.5, 0.6) is 5.75 Å². The van der Waals surface area contributed by atoms with E-state index in [0.717, 1.165) is 11.1 Å². The van der Waals surface area contributed by atoms with Crippen molar-refractivity contribution in [2.75, 3.05) is 6.54 Å². The van der Waals surface area contributed by atoms with Gasteiger partial charge in [-0.3, -0.25) is 0 Å². The van der Waals surface area contributed by atoms with Gasteiger partial charge in [0.1, 0.15) is 17.7 Å². The van der Waals surface area contributed by atoms with Crippen LogP contribution in [0.2, 0.25) is 0 Å². The Morgan fingerprint density at radius 3 is 2.65 bits per heavy atom. The van der Waals surface area contributed by atoms with Gasteiger partial charge in [-0.2, -0.15) is 0 Å². The Labute approximate surface area is 136 Å². The van der Waals surface area contributed by atoms with Gasteiger partial charge in [-0.15, -0.1) is 0 Å². The zero-order chi connectivity index (χ0) is 16.6. The molecule has 2 atom stereocenters. The monoisotopic (exact) mass is 315 g/mol. The zero-order valence-electron chi connectivity index (χ0n) is 13.6. The van der Waals surface area contributed by atoms with E-state index < -0.39 is 12.2 Å². The maximum Gasteiger partial charge on any atom is 0.151 e. The lowest BCUT2D eigenvalue weighted by Gasteiger charge is -2.33. The molecule has 23 heavy (non-hydrogen) atoms. The number of ether oxygens (including phenoxy) is 1. The number of nitrogens with one attached hydrogen (secondary N) is 1. The van der Waals surface area contributed by atoms with Crippen LogP contribution in [-0.4, -0.2) is 23.3 Å². The van der Waals surface area contributed by atoms with Crippen LogP contribution >= 0.6 is 0 Å². The number of benzene rings is 2. The van der Waals surface area contributed by atoms with E-state index in [1.165, 1.54) is 12.1 Å². The molecule has 0 bridgehead atoms. The fourth-order valence-corrected chi connectivity index (χ4v) is 2.81. The lowest BCUT2D eigenvalue weighted by Crippen LogP contribution is -2.43. The van der Waals surface area contributed by atoms with Crippen LogP contribution in [0.1, 0.15) is 32.4 Å². The second-order valence-corrected chi connectivity index (χ2v) is 6.96. The Morgan fingerprint density at radius 2 is 1.91 bits per heavy atom. The molecule has 0 saturated heterocycles.